The summed E-state index contributed by atoms with van der Waals surface area (Å²) in [5.74, 6) is 1.02. The van der Waals surface area contributed by atoms with E-state index in [1.165, 1.54) is 12.8 Å². The van der Waals surface area contributed by atoms with Gasteiger partial charge in [-0.1, -0.05) is 6.92 Å². The SMILES string of the molecule is CCN1CCN(c2cnc(CNC3CC3)cn2)CC1. The highest BCUT2D eigenvalue weighted by atomic mass is 15.3. The molecule has 5 nitrogen and oxygen atoms in total. The van der Waals surface area contributed by atoms with Crippen molar-refractivity contribution in [2.45, 2.75) is 32.4 Å². The molecule has 1 saturated carbocycles. The molecule has 0 amide bonds. The zero-order chi connectivity index (χ0) is 13.1. The van der Waals surface area contributed by atoms with Crippen LogP contribution in [0.5, 0.6) is 0 Å². The van der Waals surface area contributed by atoms with E-state index in [0.29, 0.717) is 0 Å². The van der Waals surface area contributed by atoms with Crippen molar-refractivity contribution in [1.29, 1.82) is 0 Å². The van der Waals surface area contributed by atoms with Crippen LogP contribution in [0.3, 0.4) is 0 Å². The molecule has 0 aromatic carbocycles. The molecule has 2 heterocycles. The second-order valence-corrected chi connectivity index (χ2v) is 5.44. The van der Waals surface area contributed by atoms with E-state index in [0.717, 1.165) is 56.8 Å². The Hall–Kier alpha value is -1.20. The Kier molecular flexibility index (Phi) is 3.94. The maximum absolute atomic E-state index is 4.56. The molecule has 1 aliphatic heterocycles. The number of likely N-dealkylation sites (N-methyl/N-ethyl adjacent to an activating group) is 1. The molecule has 2 fully saturated rings. The lowest BCUT2D eigenvalue weighted by atomic mass is 10.3. The summed E-state index contributed by atoms with van der Waals surface area (Å²) in [5.41, 5.74) is 1.04. The first kappa shape index (κ1) is 12.8. The van der Waals surface area contributed by atoms with Gasteiger partial charge in [-0.2, -0.15) is 0 Å². The lowest BCUT2D eigenvalue weighted by Gasteiger charge is -2.34. The average Bonchev–Trinajstić information content (AvgIpc) is 3.30. The predicted octanol–water partition coefficient (Wildman–Crippen LogP) is 0.870. The molecule has 1 N–H and O–H groups in total. The highest BCUT2D eigenvalue weighted by Crippen LogP contribution is 2.19. The molecular weight excluding hydrogens is 238 g/mol. The van der Waals surface area contributed by atoms with Crippen LogP contribution in [0.25, 0.3) is 0 Å². The molecule has 1 saturated heterocycles. The van der Waals surface area contributed by atoms with E-state index in [1.54, 1.807) is 0 Å². The highest BCUT2D eigenvalue weighted by Gasteiger charge is 2.20. The van der Waals surface area contributed by atoms with E-state index in [4.69, 9.17) is 0 Å². The Bertz CT molecular complexity index is 393. The average molecular weight is 261 g/mol. The van der Waals surface area contributed by atoms with Crippen LogP contribution in [-0.4, -0.2) is 53.6 Å². The van der Waals surface area contributed by atoms with E-state index >= 15 is 0 Å². The van der Waals surface area contributed by atoms with E-state index < -0.39 is 0 Å². The van der Waals surface area contributed by atoms with Gasteiger partial charge in [-0.3, -0.25) is 4.98 Å². The number of nitrogens with zero attached hydrogens (tertiary/aromatic N) is 4. The zero-order valence-electron chi connectivity index (χ0n) is 11.7. The molecule has 0 radical (unpaired) electrons. The van der Waals surface area contributed by atoms with Crippen molar-refractivity contribution in [1.82, 2.24) is 20.2 Å². The third-order valence-corrected chi connectivity index (χ3v) is 3.98. The summed E-state index contributed by atoms with van der Waals surface area (Å²) in [6.07, 6.45) is 6.46. The summed E-state index contributed by atoms with van der Waals surface area (Å²) >= 11 is 0. The minimum atomic E-state index is 0.726. The minimum Gasteiger partial charge on any atom is -0.353 e. The van der Waals surface area contributed by atoms with Gasteiger partial charge in [0.15, 0.2) is 0 Å². The quantitative estimate of drug-likeness (QED) is 0.852. The summed E-state index contributed by atoms with van der Waals surface area (Å²) in [6.45, 7) is 8.58. The van der Waals surface area contributed by atoms with E-state index in [1.807, 2.05) is 12.4 Å². The fourth-order valence-corrected chi connectivity index (χ4v) is 2.43. The Labute approximate surface area is 115 Å². The van der Waals surface area contributed by atoms with Gasteiger partial charge in [0.25, 0.3) is 0 Å². The van der Waals surface area contributed by atoms with E-state index in [-0.39, 0.29) is 0 Å². The van der Waals surface area contributed by atoms with Gasteiger partial charge in [-0.25, -0.2) is 4.98 Å². The van der Waals surface area contributed by atoms with Crippen LogP contribution in [0.4, 0.5) is 5.82 Å². The largest absolute Gasteiger partial charge is 0.353 e. The monoisotopic (exact) mass is 261 g/mol. The molecule has 5 heteroatoms. The lowest BCUT2D eigenvalue weighted by Crippen LogP contribution is -2.46. The third-order valence-electron chi connectivity index (χ3n) is 3.98. The van der Waals surface area contributed by atoms with Crippen molar-refractivity contribution in [2.75, 3.05) is 37.6 Å². The van der Waals surface area contributed by atoms with Crippen LogP contribution in [0.2, 0.25) is 0 Å². The van der Waals surface area contributed by atoms with Crippen molar-refractivity contribution < 1.29 is 0 Å². The van der Waals surface area contributed by atoms with Gasteiger partial charge in [0.2, 0.25) is 0 Å². The maximum atomic E-state index is 4.56. The lowest BCUT2D eigenvalue weighted by molar-refractivity contribution is 0.270. The van der Waals surface area contributed by atoms with Crippen molar-refractivity contribution in [3.8, 4) is 0 Å². The summed E-state index contributed by atoms with van der Waals surface area (Å²) in [7, 11) is 0. The van der Waals surface area contributed by atoms with Gasteiger partial charge in [0, 0.05) is 38.8 Å². The number of aromatic nitrogens is 2. The third kappa shape index (κ3) is 3.42. The number of piperazine rings is 1. The van der Waals surface area contributed by atoms with Crippen LogP contribution in [-0.2, 0) is 6.54 Å². The molecule has 104 valence electrons. The molecule has 1 aromatic rings. The fraction of sp³-hybridized carbons (Fsp3) is 0.714. The molecule has 0 bridgehead atoms. The first-order valence-electron chi connectivity index (χ1n) is 7.37. The van der Waals surface area contributed by atoms with Gasteiger partial charge in [-0.15, -0.1) is 0 Å². The number of nitrogens with one attached hydrogen (secondary N) is 1. The zero-order valence-corrected chi connectivity index (χ0v) is 11.7. The van der Waals surface area contributed by atoms with Gasteiger partial charge in [0.05, 0.1) is 18.1 Å². The van der Waals surface area contributed by atoms with Crippen molar-refractivity contribution >= 4 is 5.82 Å². The summed E-state index contributed by atoms with van der Waals surface area (Å²) < 4.78 is 0. The number of rotatable bonds is 5. The molecule has 0 spiro atoms. The van der Waals surface area contributed by atoms with Crippen LogP contribution < -0.4 is 10.2 Å². The van der Waals surface area contributed by atoms with Crippen molar-refractivity contribution in [3.63, 3.8) is 0 Å². The first-order chi connectivity index (χ1) is 9.35. The smallest absolute Gasteiger partial charge is 0.147 e. The normalized spacial score (nSPS) is 20.8. The minimum absolute atomic E-state index is 0.726. The van der Waals surface area contributed by atoms with Crippen LogP contribution in [0.1, 0.15) is 25.5 Å². The van der Waals surface area contributed by atoms with Gasteiger partial charge < -0.3 is 15.1 Å². The molecule has 2 aliphatic rings. The predicted molar refractivity (Wildman–Crippen MR) is 76.2 cm³/mol. The first-order valence-corrected chi connectivity index (χ1v) is 7.37. The topological polar surface area (TPSA) is 44.3 Å². The standard InChI is InChI=1S/C14H23N5/c1-2-18-5-7-19(8-6-18)14-11-16-13(10-17-14)9-15-12-3-4-12/h10-12,15H,2-9H2,1H3. The second kappa shape index (κ2) is 5.84. The fourth-order valence-electron chi connectivity index (χ4n) is 2.43. The molecule has 1 aromatic heterocycles. The van der Waals surface area contributed by atoms with Crippen molar-refractivity contribution in [2.24, 2.45) is 0 Å². The molecular formula is C14H23N5. The number of hydrogen-bond donors (Lipinski definition) is 1. The van der Waals surface area contributed by atoms with Gasteiger partial charge in [-0.05, 0) is 19.4 Å². The molecule has 19 heavy (non-hydrogen) atoms. The maximum Gasteiger partial charge on any atom is 0.147 e. The van der Waals surface area contributed by atoms with Crippen LogP contribution in [0, 0.1) is 0 Å². The van der Waals surface area contributed by atoms with Gasteiger partial charge >= 0.3 is 0 Å². The summed E-state index contributed by atoms with van der Waals surface area (Å²) in [4.78, 5) is 13.9. The highest BCUT2D eigenvalue weighted by molar-refractivity contribution is 5.36. The molecule has 0 unspecified atom stereocenters. The Balaban J connectivity index is 1.53. The summed E-state index contributed by atoms with van der Waals surface area (Å²) in [6, 6.07) is 0.726. The summed E-state index contributed by atoms with van der Waals surface area (Å²) in [5, 5.41) is 3.46. The van der Waals surface area contributed by atoms with Crippen molar-refractivity contribution in [3.05, 3.63) is 18.1 Å². The number of hydrogen-bond acceptors (Lipinski definition) is 5. The second-order valence-electron chi connectivity index (χ2n) is 5.44. The molecule has 1 aliphatic carbocycles. The Morgan fingerprint density at radius 3 is 2.53 bits per heavy atom. The van der Waals surface area contributed by atoms with Gasteiger partial charge in [0.1, 0.15) is 5.82 Å². The molecule has 0 atom stereocenters. The Morgan fingerprint density at radius 2 is 1.95 bits per heavy atom. The van der Waals surface area contributed by atoms with E-state index in [2.05, 4.69) is 32.0 Å². The van der Waals surface area contributed by atoms with Crippen LogP contribution >= 0.6 is 0 Å². The van der Waals surface area contributed by atoms with E-state index in [9.17, 15) is 0 Å². The Morgan fingerprint density at radius 1 is 1.16 bits per heavy atom. The molecule has 3 rings (SSSR count). The number of anilines is 1. The van der Waals surface area contributed by atoms with Crippen LogP contribution in [0.15, 0.2) is 12.4 Å².